The van der Waals surface area contributed by atoms with Gasteiger partial charge in [0.15, 0.2) is 11.5 Å². The molecule has 1 saturated heterocycles. The van der Waals surface area contributed by atoms with Gasteiger partial charge in [0.1, 0.15) is 5.75 Å². The standard InChI is InChI=1S/C17H26N2O5.ClH/c1-21-13-9-15(23-3)14(22-2)8-12(13)10-19-16(20)17(11-18)4-6-24-7-5-17;/h8-9H,4-7,10-11,18H2,1-3H3,(H,19,20);1H. The van der Waals surface area contributed by atoms with E-state index in [0.717, 1.165) is 5.56 Å². The van der Waals surface area contributed by atoms with Gasteiger partial charge in [-0.1, -0.05) is 0 Å². The van der Waals surface area contributed by atoms with Crippen molar-refractivity contribution in [3.05, 3.63) is 17.7 Å². The Morgan fingerprint density at radius 2 is 1.68 bits per heavy atom. The van der Waals surface area contributed by atoms with Gasteiger partial charge in [-0.05, 0) is 18.9 Å². The molecule has 1 fully saturated rings. The van der Waals surface area contributed by atoms with Crippen LogP contribution in [0.1, 0.15) is 18.4 Å². The number of benzene rings is 1. The van der Waals surface area contributed by atoms with E-state index in [2.05, 4.69) is 5.32 Å². The molecule has 7 nitrogen and oxygen atoms in total. The summed E-state index contributed by atoms with van der Waals surface area (Å²) in [6.45, 7) is 1.75. The maximum atomic E-state index is 12.7. The molecule has 3 N–H and O–H groups in total. The molecule has 0 atom stereocenters. The molecule has 1 aromatic rings. The number of carbonyl (C=O) groups is 1. The van der Waals surface area contributed by atoms with Crippen LogP contribution in [0.2, 0.25) is 0 Å². The first kappa shape index (κ1) is 21.3. The van der Waals surface area contributed by atoms with Crippen molar-refractivity contribution < 1.29 is 23.7 Å². The molecule has 1 amide bonds. The predicted molar refractivity (Wildman–Crippen MR) is 96.7 cm³/mol. The van der Waals surface area contributed by atoms with Crippen LogP contribution in [0.4, 0.5) is 0 Å². The molecule has 2 rings (SSSR count). The molecule has 0 aliphatic carbocycles. The molecule has 1 aliphatic rings. The van der Waals surface area contributed by atoms with Gasteiger partial charge in [-0.15, -0.1) is 12.4 Å². The highest BCUT2D eigenvalue weighted by atomic mass is 35.5. The normalized spacial score (nSPS) is 15.7. The van der Waals surface area contributed by atoms with E-state index in [4.69, 9.17) is 24.7 Å². The van der Waals surface area contributed by atoms with Crippen LogP contribution in [-0.4, -0.2) is 47.0 Å². The van der Waals surface area contributed by atoms with Gasteiger partial charge in [0.2, 0.25) is 5.91 Å². The molecule has 0 aromatic heterocycles. The molecule has 1 heterocycles. The number of hydrogen-bond donors (Lipinski definition) is 2. The monoisotopic (exact) mass is 374 g/mol. The van der Waals surface area contributed by atoms with Crippen LogP contribution >= 0.6 is 12.4 Å². The quantitative estimate of drug-likeness (QED) is 0.751. The van der Waals surface area contributed by atoms with Crippen LogP contribution in [0.5, 0.6) is 17.2 Å². The molecule has 0 radical (unpaired) electrons. The van der Waals surface area contributed by atoms with Gasteiger partial charge in [0, 0.05) is 37.9 Å². The summed E-state index contributed by atoms with van der Waals surface area (Å²) in [4.78, 5) is 12.7. The number of hydrogen-bond acceptors (Lipinski definition) is 6. The van der Waals surface area contributed by atoms with Crippen molar-refractivity contribution in [1.82, 2.24) is 5.32 Å². The zero-order chi connectivity index (χ0) is 17.6. The maximum Gasteiger partial charge on any atom is 0.227 e. The van der Waals surface area contributed by atoms with Crippen molar-refractivity contribution in [1.29, 1.82) is 0 Å². The maximum absolute atomic E-state index is 12.7. The van der Waals surface area contributed by atoms with Crippen molar-refractivity contribution in [2.45, 2.75) is 19.4 Å². The number of methoxy groups -OCH3 is 3. The zero-order valence-corrected chi connectivity index (χ0v) is 15.7. The van der Waals surface area contributed by atoms with Crippen molar-refractivity contribution in [2.24, 2.45) is 11.1 Å². The van der Waals surface area contributed by atoms with E-state index in [1.165, 1.54) is 0 Å². The Kier molecular flexibility index (Phi) is 8.28. The van der Waals surface area contributed by atoms with Gasteiger partial charge < -0.3 is 30.0 Å². The average molecular weight is 375 g/mol. The second kappa shape index (κ2) is 9.70. The molecule has 0 unspecified atom stereocenters. The lowest BCUT2D eigenvalue weighted by molar-refractivity contribution is -0.136. The van der Waals surface area contributed by atoms with Crippen LogP contribution in [0.15, 0.2) is 12.1 Å². The minimum absolute atomic E-state index is 0. The largest absolute Gasteiger partial charge is 0.496 e. The Labute approximate surface area is 154 Å². The first-order chi connectivity index (χ1) is 11.6. The lowest BCUT2D eigenvalue weighted by atomic mass is 9.79. The SMILES string of the molecule is COc1cc(OC)c(OC)cc1CNC(=O)C1(CN)CCOCC1.Cl. The van der Waals surface area contributed by atoms with Crippen LogP contribution in [0, 0.1) is 5.41 Å². The van der Waals surface area contributed by atoms with Gasteiger partial charge in [-0.2, -0.15) is 0 Å². The fraction of sp³-hybridized carbons (Fsp3) is 0.588. The Bertz CT molecular complexity index is 576. The molecule has 142 valence electrons. The van der Waals surface area contributed by atoms with E-state index < -0.39 is 5.41 Å². The minimum atomic E-state index is -0.554. The highest BCUT2D eigenvalue weighted by Crippen LogP contribution is 2.35. The van der Waals surface area contributed by atoms with Crippen LogP contribution < -0.4 is 25.3 Å². The third-order valence-corrected chi connectivity index (χ3v) is 4.55. The Hall–Kier alpha value is -1.70. The Morgan fingerprint density at radius 1 is 1.12 bits per heavy atom. The highest BCUT2D eigenvalue weighted by molar-refractivity contribution is 5.85. The summed E-state index contributed by atoms with van der Waals surface area (Å²) in [5, 5.41) is 2.97. The fourth-order valence-corrected chi connectivity index (χ4v) is 2.88. The second-order valence-corrected chi connectivity index (χ2v) is 5.80. The minimum Gasteiger partial charge on any atom is -0.496 e. The number of carbonyl (C=O) groups excluding carboxylic acids is 1. The van der Waals surface area contributed by atoms with Crippen molar-refractivity contribution >= 4 is 18.3 Å². The van der Waals surface area contributed by atoms with Gasteiger partial charge in [-0.25, -0.2) is 0 Å². The first-order valence-corrected chi connectivity index (χ1v) is 7.95. The van der Waals surface area contributed by atoms with Crippen LogP contribution in [-0.2, 0) is 16.1 Å². The molecule has 0 spiro atoms. The molecule has 1 aromatic carbocycles. The van der Waals surface area contributed by atoms with Crippen molar-refractivity contribution in [2.75, 3.05) is 41.1 Å². The van der Waals surface area contributed by atoms with Gasteiger partial charge in [-0.3, -0.25) is 4.79 Å². The van der Waals surface area contributed by atoms with E-state index in [9.17, 15) is 4.79 Å². The summed E-state index contributed by atoms with van der Waals surface area (Å²) >= 11 is 0. The third-order valence-electron chi connectivity index (χ3n) is 4.55. The summed E-state index contributed by atoms with van der Waals surface area (Å²) < 4.78 is 21.3. The zero-order valence-electron chi connectivity index (χ0n) is 14.9. The lowest BCUT2D eigenvalue weighted by Gasteiger charge is -2.34. The molecule has 1 aliphatic heterocycles. The Balaban J connectivity index is 0.00000312. The summed E-state index contributed by atoms with van der Waals surface area (Å²) in [7, 11) is 4.71. The summed E-state index contributed by atoms with van der Waals surface area (Å²) in [5.74, 6) is 1.74. The van der Waals surface area contributed by atoms with Gasteiger partial charge >= 0.3 is 0 Å². The number of nitrogens with one attached hydrogen (secondary N) is 1. The lowest BCUT2D eigenvalue weighted by Crippen LogP contribution is -2.49. The molecule has 0 saturated carbocycles. The average Bonchev–Trinajstić information content (AvgIpc) is 2.65. The summed E-state index contributed by atoms with van der Waals surface area (Å²) in [5.41, 5.74) is 6.12. The second-order valence-electron chi connectivity index (χ2n) is 5.80. The fourth-order valence-electron chi connectivity index (χ4n) is 2.88. The topological polar surface area (TPSA) is 92.0 Å². The summed E-state index contributed by atoms with van der Waals surface area (Å²) in [6.07, 6.45) is 1.27. The van der Waals surface area contributed by atoms with E-state index in [1.807, 2.05) is 0 Å². The first-order valence-electron chi connectivity index (χ1n) is 7.95. The van der Waals surface area contributed by atoms with E-state index in [-0.39, 0.29) is 18.3 Å². The summed E-state index contributed by atoms with van der Waals surface area (Å²) in [6, 6.07) is 3.55. The molecule has 8 heteroatoms. The smallest absolute Gasteiger partial charge is 0.227 e. The molecular formula is C17H27ClN2O5. The number of halogens is 1. The number of amides is 1. The van der Waals surface area contributed by atoms with Crippen molar-refractivity contribution in [3.8, 4) is 17.2 Å². The molecule has 0 bridgehead atoms. The van der Waals surface area contributed by atoms with E-state index >= 15 is 0 Å². The number of nitrogens with two attached hydrogens (primary N) is 1. The predicted octanol–water partition coefficient (Wildman–Crippen LogP) is 1.51. The Morgan fingerprint density at radius 3 is 2.20 bits per heavy atom. The molecule has 25 heavy (non-hydrogen) atoms. The molecular weight excluding hydrogens is 348 g/mol. The van der Waals surface area contributed by atoms with E-state index in [0.29, 0.717) is 56.4 Å². The van der Waals surface area contributed by atoms with E-state index in [1.54, 1.807) is 33.5 Å². The van der Waals surface area contributed by atoms with Crippen LogP contribution in [0.3, 0.4) is 0 Å². The highest BCUT2D eigenvalue weighted by Gasteiger charge is 2.38. The van der Waals surface area contributed by atoms with Crippen molar-refractivity contribution in [3.63, 3.8) is 0 Å². The number of ether oxygens (including phenoxy) is 4. The number of rotatable bonds is 7. The van der Waals surface area contributed by atoms with Gasteiger partial charge in [0.25, 0.3) is 0 Å². The van der Waals surface area contributed by atoms with Crippen LogP contribution in [0.25, 0.3) is 0 Å². The third kappa shape index (κ3) is 4.68. The van der Waals surface area contributed by atoms with Gasteiger partial charge in [0.05, 0.1) is 26.7 Å².